The largest absolute Gasteiger partial charge is 0.338 e. The lowest BCUT2D eigenvalue weighted by atomic mass is 10.2. The van der Waals surface area contributed by atoms with Gasteiger partial charge in [0.15, 0.2) is 0 Å². The molecule has 3 rings (SSSR count). The van der Waals surface area contributed by atoms with Gasteiger partial charge in [-0.1, -0.05) is 30.3 Å². The van der Waals surface area contributed by atoms with E-state index in [9.17, 15) is 9.59 Å². The molecule has 2 aliphatic heterocycles. The summed E-state index contributed by atoms with van der Waals surface area (Å²) in [6.07, 6.45) is 1.80. The first-order valence-electron chi connectivity index (χ1n) is 9.28. The van der Waals surface area contributed by atoms with Crippen molar-refractivity contribution in [3.63, 3.8) is 0 Å². The first kappa shape index (κ1) is 17.7. The Morgan fingerprint density at radius 1 is 1.12 bits per heavy atom. The van der Waals surface area contributed by atoms with Crippen molar-refractivity contribution in [3.05, 3.63) is 35.9 Å². The lowest BCUT2D eigenvalue weighted by Gasteiger charge is -2.26. The van der Waals surface area contributed by atoms with Gasteiger partial charge < -0.3 is 15.1 Å². The number of carbonyl (C=O) groups is 2. The second kappa shape index (κ2) is 8.34. The van der Waals surface area contributed by atoms with Crippen molar-refractivity contribution in [2.45, 2.75) is 32.4 Å². The number of nitrogens with one attached hydrogen (secondary N) is 1. The molecule has 3 amide bonds. The Bertz CT molecular complexity index is 592. The molecule has 2 fully saturated rings. The highest BCUT2D eigenvalue weighted by Crippen LogP contribution is 2.21. The third kappa shape index (κ3) is 4.31. The summed E-state index contributed by atoms with van der Waals surface area (Å²) in [5.41, 5.74) is 1.18. The smallest absolute Gasteiger partial charge is 0.317 e. The molecule has 136 valence electrons. The van der Waals surface area contributed by atoms with Crippen molar-refractivity contribution in [3.8, 4) is 0 Å². The predicted octanol–water partition coefficient (Wildman–Crippen LogP) is 1.52. The van der Waals surface area contributed by atoms with Gasteiger partial charge in [-0.25, -0.2) is 4.79 Å². The zero-order chi connectivity index (χ0) is 17.6. The van der Waals surface area contributed by atoms with Gasteiger partial charge in [-0.2, -0.15) is 0 Å². The quantitative estimate of drug-likeness (QED) is 0.901. The van der Waals surface area contributed by atoms with Gasteiger partial charge in [0.1, 0.15) is 0 Å². The molecule has 6 nitrogen and oxygen atoms in total. The van der Waals surface area contributed by atoms with E-state index in [4.69, 9.17) is 0 Å². The van der Waals surface area contributed by atoms with Crippen LogP contribution in [0, 0.1) is 0 Å². The summed E-state index contributed by atoms with van der Waals surface area (Å²) >= 11 is 0. The summed E-state index contributed by atoms with van der Waals surface area (Å²) in [4.78, 5) is 31.0. The zero-order valence-electron chi connectivity index (χ0n) is 15.0. The van der Waals surface area contributed by atoms with Gasteiger partial charge in [-0.05, 0) is 25.3 Å². The second-order valence-corrected chi connectivity index (χ2v) is 6.76. The summed E-state index contributed by atoms with van der Waals surface area (Å²) in [5, 5.41) is 2.86. The van der Waals surface area contributed by atoms with Crippen LogP contribution in [0.15, 0.2) is 30.3 Å². The average Bonchev–Trinajstić information content (AvgIpc) is 2.84. The summed E-state index contributed by atoms with van der Waals surface area (Å²) in [7, 11) is 0. The Hall–Kier alpha value is -2.08. The van der Waals surface area contributed by atoms with E-state index in [1.165, 1.54) is 5.56 Å². The molecule has 2 heterocycles. The van der Waals surface area contributed by atoms with Gasteiger partial charge >= 0.3 is 6.03 Å². The maximum absolute atomic E-state index is 12.8. The van der Waals surface area contributed by atoms with Crippen molar-refractivity contribution >= 4 is 11.9 Å². The van der Waals surface area contributed by atoms with E-state index in [0.717, 1.165) is 39.0 Å². The normalized spacial score (nSPS) is 22.1. The van der Waals surface area contributed by atoms with Crippen LogP contribution >= 0.6 is 0 Å². The van der Waals surface area contributed by atoms with Crippen molar-refractivity contribution in [1.29, 1.82) is 0 Å². The highest BCUT2D eigenvalue weighted by atomic mass is 16.2. The number of urea groups is 1. The lowest BCUT2D eigenvalue weighted by molar-refractivity contribution is -0.132. The summed E-state index contributed by atoms with van der Waals surface area (Å²) < 4.78 is 0. The molecule has 1 unspecified atom stereocenters. The summed E-state index contributed by atoms with van der Waals surface area (Å²) in [6.45, 7) is 7.18. The van der Waals surface area contributed by atoms with Crippen LogP contribution < -0.4 is 5.32 Å². The van der Waals surface area contributed by atoms with Crippen LogP contribution in [-0.2, 0) is 11.3 Å². The van der Waals surface area contributed by atoms with E-state index >= 15 is 0 Å². The molecule has 1 aromatic rings. The minimum atomic E-state index is -0.0297. The van der Waals surface area contributed by atoms with E-state index < -0.39 is 0 Å². The molecule has 0 radical (unpaired) electrons. The zero-order valence-corrected chi connectivity index (χ0v) is 15.0. The van der Waals surface area contributed by atoms with Gasteiger partial charge in [0.25, 0.3) is 0 Å². The molecule has 0 aliphatic carbocycles. The molecule has 2 saturated heterocycles. The van der Waals surface area contributed by atoms with E-state index in [-0.39, 0.29) is 18.0 Å². The molecule has 0 spiro atoms. The standard InChI is InChI=1S/C19H28N4O2/c1-2-20-19(25)22-11-6-10-21(13-14-22)17-9-12-23(18(17)24)15-16-7-4-3-5-8-16/h3-5,7-8,17H,2,6,9-15H2,1H3,(H,20,25). The van der Waals surface area contributed by atoms with Crippen LogP contribution in [0.2, 0.25) is 0 Å². The van der Waals surface area contributed by atoms with Gasteiger partial charge in [-0.15, -0.1) is 0 Å². The Kier molecular flexibility index (Phi) is 5.91. The Balaban J connectivity index is 1.56. The summed E-state index contributed by atoms with van der Waals surface area (Å²) in [6, 6.07) is 10.1. The summed E-state index contributed by atoms with van der Waals surface area (Å²) in [5.74, 6) is 0.232. The molecule has 2 aliphatic rings. The highest BCUT2D eigenvalue weighted by molar-refractivity contribution is 5.84. The maximum Gasteiger partial charge on any atom is 0.317 e. The lowest BCUT2D eigenvalue weighted by Crippen LogP contribution is -2.45. The molecule has 0 saturated carbocycles. The minimum Gasteiger partial charge on any atom is -0.338 e. The highest BCUT2D eigenvalue weighted by Gasteiger charge is 2.36. The molecule has 1 N–H and O–H groups in total. The van der Waals surface area contributed by atoms with Gasteiger partial charge in [0, 0.05) is 45.8 Å². The van der Waals surface area contributed by atoms with Crippen LogP contribution in [-0.4, -0.2) is 71.9 Å². The first-order chi connectivity index (χ1) is 12.2. The topological polar surface area (TPSA) is 55.9 Å². The number of rotatable bonds is 4. The van der Waals surface area contributed by atoms with Gasteiger partial charge in [-0.3, -0.25) is 9.69 Å². The first-order valence-corrected chi connectivity index (χ1v) is 9.28. The third-order valence-corrected chi connectivity index (χ3v) is 5.07. The molecule has 0 aromatic heterocycles. The number of amides is 3. The Morgan fingerprint density at radius 3 is 2.68 bits per heavy atom. The number of benzene rings is 1. The minimum absolute atomic E-state index is 0.00722. The molecule has 0 bridgehead atoms. The van der Waals surface area contributed by atoms with Gasteiger partial charge in [0.2, 0.25) is 5.91 Å². The molecule has 25 heavy (non-hydrogen) atoms. The maximum atomic E-state index is 12.8. The van der Waals surface area contributed by atoms with E-state index in [1.54, 1.807) is 0 Å². The molecule has 1 atom stereocenters. The number of carbonyl (C=O) groups excluding carboxylic acids is 2. The van der Waals surface area contributed by atoms with Crippen LogP contribution in [0.5, 0.6) is 0 Å². The van der Waals surface area contributed by atoms with Gasteiger partial charge in [0.05, 0.1) is 6.04 Å². The van der Waals surface area contributed by atoms with Crippen LogP contribution in [0.3, 0.4) is 0 Å². The predicted molar refractivity (Wildman–Crippen MR) is 97.1 cm³/mol. The van der Waals surface area contributed by atoms with E-state index in [1.807, 2.05) is 34.9 Å². The van der Waals surface area contributed by atoms with Crippen molar-refractivity contribution in [2.24, 2.45) is 0 Å². The second-order valence-electron chi connectivity index (χ2n) is 6.76. The monoisotopic (exact) mass is 344 g/mol. The van der Waals surface area contributed by atoms with Crippen molar-refractivity contribution in [2.75, 3.05) is 39.3 Å². The molecule has 6 heteroatoms. The van der Waals surface area contributed by atoms with E-state index in [0.29, 0.717) is 19.6 Å². The fourth-order valence-electron chi connectivity index (χ4n) is 3.74. The number of hydrogen-bond donors (Lipinski definition) is 1. The number of likely N-dealkylation sites (tertiary alicyclic amines) is 1. The van der Waals surface area contributed by atoms with Crippen molar-refractivity contribution < 1.29 is 9.59 Å². The number of nitrogens with zero attached hydrogens (tertiary/aromatic N) is 3. The van der Waals surface area contributed by atoms with Crippen LogP contribution in [0.4, 0.5) is 4.79 Å². The van der Waals surface area contributed by atoms with Crippen molar-refractivity contribution in [1.82, 2.24) is 20.0 Å². The number of hydrogen-bond acceptors (Lipinski definition) is 3. The Morgan fingerprint density at radius 2 is 1.92 bits per heavy atom. The van der Waals surface area contributed by atoms with Crippen LogP contribution in [0.25, 0.3) is 0 Å². The molecular formula is C19H28N4O2. The fraction of sp³-hybridized carbons (Fsp3) is 0.579. The third-order valence-electron chi connectivity index (χ3n) is 5.07. The fourth-order valence-corrected chi connectivity index (χ4v) is 3.74. The van der Waals surface area contributed by atoms with Crippen LogP contribution in [0.1, 0.15) is 25.3 Å². The molecular weight excluding hydrogens is 316 g/mol. The SMILES string of the molecule is CCNC(=O)N1CCCN(C2CCN(Cc3ccccc3)C2=O)CC1. The molecule has 1 aromatic carbocycles. The van der Waals surface area contributed by atoms with E-state index in [2.05, 4.69) is 22.3 Å². The average molecular weight is 344 g/mol. The Labute approximate surface area is 149 Å².